The maximum absolute atomic E-state index is 12.5. The molecule has 2 atom stereocenters. The summed E-state index contributed by atoms with van der Waals surface area (Å²) in [6.45, 7) is 2.31. The molecule has 1 fully saturated rings. The first-order valence-electron chi connectivity index (χ1n) is 7.10. The molecule has 1 heterocycles. The fraction of sp³-hybridized carbons (Fsp3) is 0.400. The van der Waals surface area contributed by atoms with Gasteiger partial charge in [-0.15, -0.1) is 0 Å². The quantitative estimate of drug-likeness (QED) is 0.785. The van der Waals surface area contributed by atoms with Crippen LogP contribution in [0.3, 0.4) is 0 Å². The van der Waals surface area contributed by atoms with Crippen molar-refractivity contribution in [3.8, 4) is 0 Å². The molecule has 1 aromatic carbocycles. The van der Waals surface area contributed by atoms with Gasteiger partial charge in [-0.3, -0.25) is 9.59 Å². The maximum Gasteiger partial charge on any atom is 0.316 e. The first kappa shape index (κ1) is 15.8. The third kappa shape index (κ3) is 3.36. The molecular weight excluding hydrogens is 286 g/mol. The Morgan fingerprint density at radius 1 is 1.27 bits per heavy atom. The SMILES string of the molecule is C[C@@H]1[C@H](C(=O)O)CCCN1C(=O)c1ccc(NC(N)=O)cc1. The van der Waals surface area contributed by atoms with E-state index in [4.69, 9.17) is 5.73 Å². The van der Waals surface area contributed by atoms with Gasteiger partial charge in [0.25, 0.3) is 5.91 Å². The molecule has 0 spiro atoms. The highest BCUT2D eigenvalue weighted by Crippen LogP contribution is 2.25. The van der Waals surface area contributed by atoms with Gasteiger partial charge in [0, 0.05) is 23.8 Å². The van der Waals surface area contributed by atoms with E-state index in [0.29, 0.717) is 30.6 Å². The molecule has 1 aliphatic rings. The van der Waals surface area contributed by atoms with E-state index in [-0.39, 0.29) is 11.9 Å². The standard InChI is InChI=1S/C15H19N3O4/c1-9-12(14(20)21)3-2-8-18(9)13(19)10-4-6-11(7-5-10)17-15(16)22/h4-7,9,12H,2-3,8H2,1H3,(H,20,21)(H3,16,17,22)/t9-,12-/m1/s1. The highest BCUT2D eigenvalue weighted by Gasteiger charge is 2.35. The Morgan fingerprint density at radius 2 is 1.91 bits per heavy atom. The number of hydrogen-bond acceptors (Lipinski definition) is 3. The van der Waals surface area contributed by atoms with Crippen LogP contribution < -0.4 is 11.1 Å². The van der Waals surface area contributed by atoms with Crippen LogP contribution in [0.15, 0.2) is 24.3 Å². The Labute approximate surface area is 128 Å². The molecule has 0 radical (unpaired) electrons. The first-order valence-corrected chi connectivity index (χ1v) is 7.10. The Kier molecular flexibility index (Phi) is 4.65. The number of hydrogen-bond donors (Lipinski definition) is 3. The van der Waals surface area contributed by atoms with Crippen molar-refractivity contribution >= 4 is 23.6 Å². The summed E-state index contributed by atoms with van der Waals surface area (Å²) >= 11 is 0. The van der Waals surface area contributed by atoms with Crippen molar-refractivity contribution in [2.45, 2.75) is 25.8 Å². The first-order chi connectivity index (χ1) is 10.4. The van der Waals surface area contributed by atoms with Gasteiger partial charge in [0.15, 0.2) is 0 Å². The van der Waals surface area contributed by atoms with Gasteiger partial charge in [-0.2, -0.15) is 0 Å². The minimum absolute atomic E-state index is 0.205. The van der Waals surface area contributed by atoms with Crippen LogP contribution in [0, 0.1) is 5.92 Å². The van der Waals surface area contributed by atoms with E-state index in [1.54, 1.807) is 36.1 Å². The Balaban J connectivity index is 2.13. The van der Waals surface area contributed by atoms with Crippen molar-refractivity contribution in [2.24, 2.45) is 11.7 Å². The zero-order valence-corrected chi connectivity index (χ0v) is 12.3. The van der Waals surface area contributed by atoms with E-state index in [1.807, 2.05) is 0 Å². The maximum atomic E-state index is 12.5. The summed E-state index contributed by atoms with van der Waals surface area (Å²) in [6.07, 6.45) is 1.26. The summed E-state index contributed by atoms with van der Waals surface area (Å²) in [5, 5.41) is 11.6. The fourth-order valence-corrected chi connectivity index (χ4v) is 2.76. The number of piperidine rings is 1. The molecule has 0 saturated carbocycles. The number of amides is 3. The van der Waals surface area contributed by atoms with E-state index in [0.717, 1.165) is 0 Å². The normalized spacial score (nSPS) is 21.2. The number of anilines is 1. The number of rotatable bonds is 3. The molecule has 3 amide bonds. The van der Waals surface area contributed by atoms with E-state index < -0.39 is 17.9 Å². The summed E-state index contributed by atoms with van der Waals surface area (Å²) in [6, 6.07) is 5.33. The molecule has 7 heteroatoms. The lowest BCUT2D eigenvalue weighted by Gasteiger charge is -2.37. The van der Waals surface area contributed by atoms with Crippen LogP contribution >= 0.6 is 0 Å². The number of benzene rings is 1. The minimum atomic E-state index is -0.869. The monoisotopic (exact) mass is 305 g/mol. The van der Waals surface area contributed by atoms with Crippen LogP contribution in [0.4, 0.5) is 10.5 Å². The van der Waals surface area contributed by atoms with Gasteiger partial charge in [-0.25, -0.2) is 4.79 Å². The molecule has 0 bridgehead atoms. The second-order valence-corrected chi connectivity index (χ2v) is 5.39. The van der Waals surface area contributed by atoms with Crippen LogP contribution in [0.1, 0.15) is 30.1 Å². The molecule has 1 saturated heterocycles. The van der Waals surface area contributed by atoms with Gasteiger partial charge in [0.2, 0.25) is 0 Å². The van der Waals surface area contributed by atoms with Crippen molar-refractivity contribution < 1.29 is 19.5 Å². The summed E-state index contributed by atoms with van der Waals surface area (Å²) < 4.78 is 0. The lowest BCUT2D eigenvalue weighted by molar-refractivity contribution is -0.144. The number of carboxylic acid groups (broad SMARTS) is 1. The Morgan fingerprint density at radius 3 is 2.45 bits per heavy atom. The Hall–Kier alpha value is -2.57. The van der Waals surface area contributed by atoms with Crippen LogP contribution in [-0.2, 0) is 4.79 Å². The van der Waals surface area contributed by atoms with Crippen molar-refractivity contribution in [1.29, 1.82) is 0 Å². The topological polar surface area (TPSA) is 113 Å². The number of nitrogens with one attached hydrogen (secondary N) is 1. The minimum Gasteiger partial charge on any atom is -0.481 e. The molecule has 7 nitrogen and oxygen atoms in total. The smallest absolute Gasteiger partial charge is 0.316 e. The number of carbonyl (C=O) groups excluding carboxylic acids is 2. The van der Waals surface area contributed by atoms with E-state index in [9.17, 15) is 19.5 Å². The summed E-state index contributed by atoms with van der Waals surface area (Å²) in [7, 11) is 0. The van der Waals surface area contributed by atoms with E-state index in [2.05, 4.69) is 5.32 Å². The zero-order valence-electron chi connectivity index (χ0n) is 12.3. The van der Waals surface area contributed by atoms with Crippen LogP contribution in [0.5, 0.6) is 0 Å². The molecule has 1 aromatic rings. The van der Waals surface area contributed by atoms with Gasteiger partial charge in [0.1, 0.15) is 0 Å². The molecule has 22 heavy (non-hydrogen) atoms. The largest absolute Gasteiger partial charge is 0.481 e. The number of carbonyl (C=O) groups is 3. The molecule has 118 valence electrons. The van der Waals surface area contributed by atoms with Gasteiger partial charge in [-0.05, 0) is 44.0 Å². The lowest BCUT2D eigenvalue weighted by atomic mass is 9.90. The second kappa shape index (κ2) is 6.46. The van der Waals surface area contributed by atoms with Gasteiger partial charge >= 0.3 is 12.0 Å². The molecule has 1 aliphatic heterocycles. The zero-order chi connectivity index (χ0) is 16.3. The summed E-state index contributed by atoms with van der Waals surface area (Å²) in [5.74, 6) is -1.61. The Bertz CT molecular complexity index is 585. The van der Waals surface area contributed by atoms with Crippen molar-refractivity contribution in [2.75, 3.05) is 11.9 Å². The van der Waals surface area contributed by atoms with E-state index >= 15 is 0 Å². The molecular formula is C15H19N3O4. The van der Waals surface area contributed by atoms with Crippen molar-refractivity contribution in [3.05, 3.63) is 29.8 Å². The summed E-state index contributed by atoms with van der Waals surface area (Å²) in [5.41, 5.74) is 5.97. The van der Waals surface area contributed by atoms with Crippen LogP contribution in [-0.4, -0.2) is 40.5 Å². The number of likely N-dealkylation sites (tertiary alicyclic amines) is 1. The second-order valence-electron chi connectivity index (χ2n) is 5.39. The predicted octanol–water partition coefficient (Wildman–Crippen LogP) is 1.50. The molecule has 2 rings (SSSR count). The van der Waals surface area contributed by atoms with Crippen molar-refractivity contribution in [3.63, 3.8) is 0 Å². The molecule has 0 aromatic heterocycles. The third-order valence-corrected chi connectivity index (χ3v) is 3.97. The average Bonchev–Trinajstić information content (AvgIpc) is 2.46. The lowest BCUT2D eigenvalue weighted by Crippen LogP contribution is -2.49. The van der Waals surface area contributed by atoms with Crippen molar-refractivity contribution in [1.82, 2.24) is 4.90 Å². The molecule has 0 aliphatic carbocycles. The predicted molar refractivity (Wildman–Crippen MR) is 80.5 cm³/mol. The number of nitrogens with two attached hydrogens (primary N) is 1. The van der Waals surface area contributed by atoms with E-state index in [1.165, 1.54) is 0 Å². The summed E-state index contributed by atoms with van der Waals surface area (Å²) in [4.78, 5) is 36.1. The number of carboxylic acids is 1. The van der Waals surface area contributed by atoms with Crippen LogP contribution in [0.25, 0.3) is 0 Å². The van der Waals surface area contributed by atoms with Crippen LogP contribution in [0.2, 0.25) is 0 Å². The van der Waals surface area contributed by atoms with Gasteiger partial charge < -0.3 is 21.1 Å². The number of nitrogens with zero attached hydrogens (tertiary/aromatic N) is 1. The molecule has 4 N–H and O–H groups in total. The average molecular weight is 305 g/mol. The fourth-order valence-electron chi connectivity index (χ4n) is 2.76. The number of aliphatic carboxylic acids is 1. The van der Waals surface area contributed by atoms with Gasteiger partial charge in [0.05, 0.1) is 5.92 Å². The number of urea groups is 1. The molecule has 0 unspecified atom stereocenters. The number of primary amides is 1. The third-order valence-electron chi connectivity index (χ3n) is 3.97. The highest BCUT2D eigenvalue weighted by atomic mass is 16.4. The van der Waals surface area contributed by atoms with Gasteiger partial charge in [-0.1, -0.05) is 0 Å². The highest BCUT2D eigenvalue weighted by molar-refractivity contribution is 5.96.